The largest absolute Gasteiger partial charge is 0.497 e. The minimum absolute atomic E-state index is 0.0438. The minimum Gasteiger partial charge on any atom is -0.497 e. The van der Waals surface area contributed by atoms with Crippen LogP contribution < -0.4 is 30.2 Å². The van der Waals surface area contributed by atoms with Crippen molar-refractivity contribution in [3.05, 3.63) is 96.3 Å². The summed E-state index contributed by atoms with van der Waals surface area (Å²) < 4.78 is 93.7. The lowest BCUT2D eigenvalue weighted by atomic mass is 10.0. The number of alkyl halides is 3. The number of primary amides is 1. The van der Waals surface area contributed by atoms with E-state index in [0.29, 0.717) is 79.5 Å². The van der Waals surface area contributed by atoms with Crippen LogP contribution in [0.1, 0.15) is 63.4 Å². The Morgan fingerprint density at radius 2 is 1.77 bits per heavy atom. The third-order valence-electron chi connectivity index (χ3n) is 11.3. The number of H-pyrrole nitrogens is 1. The number of pyridine rings is 1. The van der Waals surface area contributed by atoms with Crippen molar-refractivity contribution in [2.45, 2.75) is 87.4 Å². The van der Waals surface area contributed by atoms with Gasteiger partial charge in [-0.1, -0.05) is 43.2 Å². The van der Waals surface area contributed by atoms with Gasteiger partial charge in [-0.3, -0.25) is 19.1 Å². The molecule has 2 aliphatic carbocycles. The Morgan fingerprint density at radius 1 is 1.00 bits per heavy atom. The van der Waals surface area contributed by atoms with Crippen LogP contribution in [-0.4, -0.2) is 68.1 Å². The van der Waals surface area contributed by atoms with Crippen molar-refractivity contribution in [1.29, 1.82) is 0 Å². The van der Waals surface area contributed by atoms with Crippen LogP contribution in [0.15, 0.2) is 84.9 Å². The summed E-state index contributed by atoms with van der Waals surface area (Å²) in [7, 11) is -2.04. The molecule has 2 heterocycles. The molecule has 1 unspecified atom stereocenters. The van der Waals surface area contributed by atoms with E-state index < -0.39 is 68.7 Å². The number of sulfonamides is 1. The summed E-state index contributed by atoms with van der Waals surface area (Å²) in [6, 6.07) is 17.1. The number of nitrogens with zero attached hydrogens (tertiary/aromatic N) is 1. The van der Waals surface area contributed by atoms with Crippen LogP contribution in [0.3, 0.4) is 0 Å². The normalized spacial score (nSPS) is 20.7. The van der Waals surface area contributed by atoms with Crippen LogP contribution in [0.5, 0.6) is 11.5 Å². The Kier molecular flexibility index (Phi) is 12.9. The van der Waals surface area contributed by atoms with Gasteiger partial charge in [-0.25, -0.2) is 17.8 Å². The highest BCUT2D eigenvalue weighted by Gasteiger charge is 2.45. The molecule has 2 saturated carbocycles. The molecule has 3 aliphatic rings. The summed E-state index contributed by atoms with van der Waals surface area (Å²) in [5, 5.41) is 3.12. The number of benzene rings is 3. The van der Waals surface area contributed by atoms with E-state index in [1.807, 2.05) is 60.7 Å². The highest BCUT2D eigenvalue weighted by Crippen LogP contribution is 2.41. The monoisotopic (exact) mass is 866 g/mol. The van der Waals surface area contributed by atoms with E-state index in [0.717, 1.165) is 17.3 Å². The van der Waals surface area contributed by atoms with Crippen LogP contribution in [0.4, 0.5) is 23.2 Å². The van der Waals surface area contributed by atoms with Gasteiger partial charge in [0.2, 0.25) is 39.0 Å². The summed E-state index contributed by atoms with van der Waals surface area (Å²) in [5.74, 6) is -2.61. The smallest absolute Gasteiger partial charge is 0.419 e. The molecular weight excluding hydrogens is 819 g/mol. The number of amides is 3. The van der Waals surface area contributed by atoms with Gasteiger partial charge in [-0.05, 0) is 86.9 Å². The van der Waals surface area contributed by atoms with Gasteiger partial charge in [0.1, 0.15) is 35.5 Å². The van der Waals surface area contributed by atoms with Crippen LogP contribution in [0.2, 0.25) is 0 Å². The molecule has 7 rings (SSSR count). The molecule has 1 saturated heterocycles. The first-order valence-electron chi connectivity index (χ1n) is 20.3. The number of fused-ring (bicyclic) bond motifs is 1. The van der Waals surface area contributed by atoms with Gasteiger partial charge in [0.15, 0.2) is 0 Å². The fraction of sp³-hybridized carbons (Fsp3) is 0.409. The zero-order chi connectivity index (χ0) is 43.5. The summed E-state index contributed by atoms with van der Waals surface area (Å²) in [5.41, 5.74) is 6.58. The van der Waals surface area contributed by atoms with E-state index in [2.05, 4.69) is 15.0 Å². The van der Waals surface area contributed by atoms with E-state index in [1.54, 1.807) is 13.2 Å². The van der Waals surface area contributed by atoms with Crippen molar-refractivity contribution >= 4 is 44.3 Å². The predicted octanol–water partition coefficient (Wildman–Crippen LogP) is 6.55. The number of halogens is 4. The predicted molar refractivity (Wildman–Crippen MR) is 219 cm³/mol. The number of allylic oxidation sites excluding steroid dienone is 2. The number of nitrogens with one attached hydrogen (secondary N) is 3. The third-order valence-corrected chi connectivity index (χ3v) is 13.2. The van der Waals surface area contributed by atoms with Gasteiger partial charge in [0.25, 0.3) is 0 Å². The van der Waals surface area contributed by atoms with E-state index in [9.17, 15) is 40.4 Å². The van der Waals surface area contributed by atoms with E-state index in [4.69, 9.17) is 15.2 Å². The quantitative estimate of drug-likeness (QED) is 0.0574. The number of methoxy groups -OCH3 is 1. The van der Waals surface area contributed by atoms with E-state index in [1.165, 1.54) is 4.90 Å². The number of likely N-dealkylation sites (tertiary alicyclic amines) is 1. The van der Waals surface area contributed by atoms with Gasteiger partial charge >= 0.3 is 6.18 Å². The summed E-state index contributed by atoms with van der Waals surface area (Å²) in [6.45, 7) is -0.0454. The van der Waals surface area contributed by atoms with Gasteiger partial charge in [-0.2, -0.15) is 13.2 Å². The molecule has 0 spiro atoms. The lowest BCUT2D eigenvalue weighted by Crippen LogP contribution is -2.49. The molecule has 5 atom stereocenters. The number of carbonyl (C=O) groups is 3. The van der Waals surface area contributed by atoms with Gasteiger partial charge in [-0.15, -0.1) is 0 Å². The zero-order valence-electron chi connectivity index (χ0n) is 33.4. The van der Waals surface area contributed by atoms with E-state index in [-0.39, 0.29) is 36.9 Å². The van der Waals surface area contributed by atoms with Crippen LogP contribution in [0, 0.1) is 17.7 Å². The van der Waals surface area contributed by atoms with Crippen molar-refractivity contribution in [1.82, 2.24) is 9.62 Å². The number of hydrogen-bond acceptors (Lipinski definition) is 8. The average Bonchev–Trinajstić information content (AvgIpc) is 4.17. The Labute approximate surface area is 350 Å². The highest BCUT2D eigenvalue weighted by molar-refractivity contribution is 7.90. The number of rotatable bonds is 18. The molecule has 61 heavy (non-hydrogen) atoms. The first-order valence-corrected chi connectivity index (χ1v) is 21.9. The molecular formula is C44H48F4N5O7S+. The molecule has 4 aromatic rings. The Hall–Kier alpha value is -5.71. The van der Waals surface area contributed by atoms with Gasteiger partial charge < -0.3 is 25.4 Å². The fourth-order valence-corrected chi connectivity index (χ4v) is 9.12. The number of nitrogens with two attached hydrogens (primary N) is 1. The van der Waals surface area contributed by atoms with Crippen molar-refractivity contribution in [2.24, 2.45) is 17.6 Å². The molecule has 12 nitrogen and oxygen atoms in total. The van der Waals surface area contributed by atoms with Gasteiger partial charge in [0, 0.05) is 23.6 Å². The standard InChI is InChI=1S/C44H47F4N5O7S/c1-59-29-15-18-32-38(22-29)51-37(26-10-7-5-8-11-26)24-40(32)60-30-23-39(41(49)54)53(25-30)43(56)36(50-28-14-19-35(45)34(21-28)44(46,47)48)13-9-4-2-3-6-12-27-20-33(27)42(55)52-61(57,58)31-16-17-31/h5-8,10-12,14-15,18-19,21-22,24,27,30-31,33,36,39,50H,2-4,9,13,16-17,20,23,25H2,1H3,(H2,49,54)(H,52,55)/p+1/b12-6-/t27-,30?,33+,36+,39+/m1/s1. The number of hydrogen-bond donors (Lipinski definition) is 3. The maximum Gasteiger partial charge on any atom is 0.419 e. The van der Waals surface area contributed by atoms with Crippen molar-refractivity contribution in [3.63, 3.8) is 0 Å². The first-order chi connectivity index (χ1) is 29.1. The minimum atomic E-state index is -4.98. The van der Waals surface area contributed by atoms with Crippen LogP contribution >= 0.6 is 0 Å². The maximum absolute atomic E-state index is 14.4. The second-order valence-electron chi connectivity index (χ2n) is 15.9. The number of ether oxygens (including phenoxy) is 2. The highest BCUT2D eigenvalue weighted by atomic mass is 32.2. The average molecular weight is 867 g/mol. The fourth-order valence-electron chi connectivity index (χ4n) is 7.76. The number of aromatic nitrogens is 1. The Bertz CT molecular complexity index is 2410. The third kappa shape index (κ3) is 10.6. The Balaban J connectivity index is 1.03. The molecule has 324 valence electrons. The molecule has 1 aromatic heterocycles. The summed E-state index contributed by atoms with van der Waals surface area (Å²) >= 11 is 0. The number of aromatic amines is 1. The lowest BCUT2D eigenvalue weighted by molar-refractivity contribution is -0.331. The first kappa shape index (κ1) is 43.4. The molecule has 3 fully saturated rings. The molecule has 3 aromatic carbocycles. The zero-order valence-corrected chi connectivity index (χ0v) is 34.2. The van der Waals surface area contributed by atoms with E-state index >= 15 is 0 Å². The summed E-state index contributed by atoms with van der Waals surface area (Å²) in [6.07, 6.45) is 2.51. The lowest BCUT2D eigenvalue weighted by Gasteiger charge is -2.28. The van der Waals surface area contributed by atoms with Crippen molar-refractivity contribution in [2.75, 3.05) is 19.0 Å². The topological polar surface area (TPSA) is 171 Å². The molecule has 17 heteroatoms. The van der Waals surface area contributed by atoms with Crippen molar-refractivity contribution in [3.8, 4) is 22.8 Å². The second-order valence-corrected chi connectivity index (χ2v) is 17.8. The van der Waals surface area contributed by atoms with Gasteiger partial charge in [0.05, 0.1) is 42.0 Å². The number of carbonyl (C=O) groups excluding carboxylic acids is 3. The Morgan fingerprint density at radius 3 is 2.48 bits per heavy atom. The van der Waals surface area contributed by atoms with Crippen LogP contribution in [0.25, 0.3) is 22.2 Å². The molecule has 0 bridgehead atoms. The number of unbranched alkanes of at least 4 members (excludes halogenated alkanes) is 3. The van der Waals surface area contributed by atoms with Crippen LogP contribution in [-0.2, 0) is 30.6 Å². The maximum atomic E-state index is 14.4. The van der Waals surface area contributed by atoms with Crippen molar-refractivity contribution < 1.29 is 54.8 Å². The molecule has 3 amide bonds. The molecule has 0 radical (unpaired) electrons. The SMILES string of the molecule is COc1ccc2c(OC3C[C@@H](C(N)=O)N(C(=O)[C@H](CCCCC/C=C\[C@@H]4C[C@@H]4C(=O)NS(=O)(=O)C4CC4)Nc4ccc(F)c(C(F)(F)F)c4)C3)cc(-c3ccccc3)[nH+]c2c1. The second kappa shape index (κ2) is 18.1. The molecule has 5 N–H and O–H groups in total. The number of anilines is 1. The molecule has 1 aliphatic heterocycles. The summed E-state index contributed by atoms with van der Waals surface area (Å²) in [4.78, 5) is 44.4.